The van der Waals surface area contributed by atoms with E-state index in [0.717, 1.165) is 23.1 Å². The molecule has 2 rings (SSSR count). The molecule has 0 amide bonds. The van der Waals surface area contributed by atoms with Gasteiger partial charge in [0.1, 0.15) is 5.75 Å². The van der Waals surface area contributed by atoms with E-state index < -0.39 is 0 Å². The maximum Gasteiger partial charge on any atom is 0.167 e. The van der Waals surface area contributed by atoms with Gasteiger partial charge in [0, 0.05) is 6.42 Å². The van der Waals surface area contributed by atoms with E-state index in [-0.39, 0.29) is 5.78 Å². The Bertz CT molecular complexity index is 498. The molecule has 1 aromatic carbocycles. The first-order chi connectivity index (χ1) is 8.13. The van der Waals surface area contributed by atoms with E-state index in [1.165, 1.54) is 0 Å². The molecule has 1 aromatic rings. The minimum atomic E-state index is 0.140. The van der Waals surface area contributed by atoms with E-state index >= 15 is 0 Å². The van der Waals surface area contributed by atoms with Gasteiger partial charge in [0.2, 0.25) is 0 Å². The molecule has 0 N–H and O–H groups in total. The van der Waals surface area contributed by atoms with Crippen LogP contribution in [0.25, 0.3) is 11.6 Å². The van der Waals surface area contributed by atoms with Crippen molar-refractivity contribution in [2.45, 2.75) is 19.8 Å². The molecule has 0 saturated heterocycles. The summed E-state index contributed by atoms with van der Waals surface area (Å²) in [6.45, 7) is 10.2. The van der Waals surface area contributed by atoms with Crippen LogP contribution in [-0.2, 0) is 0 Å². The number of ketones is 1. The second-order valence-electron chi connectivity index (χ2n) is 4.30. The maximum absolute atomic E-state index is 12.0. The van der Waals surface area contributed by atoms with Crippen molar-refractivity contribution in [2.24, 2.45) is 0 Å². The molecule has 2 heteroatoms. The largest absolute Gasteiger partial charge is 0.493 e. The van der Waals surface area contributed by atoms with E-state index in [4.69, 9.17) is 4.74 Å². The van der Waals surface area contributed by atoms with Gasteiger partial charge in [-0.2, -0.15) is 0 Å². The summed E-state index contributed by atoms with van der Waals surface area (Å²) in [5.74, 6) is 0.809. The molecule has 0 spiro atoms. The molecule has 1 heterocycles. The minimum Gasteiger partial charge on any atom is -0.493 e. The molecule has 0 radical (unpaired) electrons. The fraction of sp³-hybridized carbons (Fsp3) is 0.267. The van der Waals surface area contributed by atoms with Crippen LogP contribution < -0.4 is 4.74 Å². The molecule has 0 unspecified atom stereocenters. The van der Waals surface area contributed by atoms with Gasteiger partial charge in [0.05, 0.1) is 12.2 Å². The molecule has 0 fully saturated rings. The van der Waals surface area contributed by atoms with E-state index in [0.29, 0.717) is 24.3 Å². The van der Waals surface area contributed by atoms with Crippen molar-refractivity contribution in [1.29, 1.82) is 0 Å². The van der Waals surface area contributed by atoms with Crippen molar-refractivity contribution < 1.29 is 9.53 Å². The highest BCUT2D eigenvalue weighted by atomic mass is 16.5. The Kier molecular flexibility index (Phi) is 3.14. The Hall–Kier alpha value is -1.83. The smallest absolute Gasteiger partial charge is 0.167 e. The highest BCUT2D eigenvalue weighted by molar-refractivity contribution is 6.02. The lowest BCUT2D eigenvalue weighted by atomic mass is 9.96. The van der Waals surface area contributed by atoms with Gasteiger partial charge in [-0.05, 0) is 36.6 Å². The van der Waals surface area contributed by atoms with Gasteiger partial charge >= 0.3 is 0 Å². The van der Waals surface area contributed by atoms with Crippen LogP contribution in [0, 0.1) is 0 Å². The Labute approximate surface area is 102 Å². The van der Waals surface area contributed by atoms with Crippen LogP contribution in [0.1, 0.15) is 41.3 Å². The third-order valence-corrected chi connectivity index (χ3v) is 2.93. The topological polar surface area (TPSA) is 26.3 Å². The molecular weight excluding hydrogens is 212 g/mol. The molecule has 1 aliphatic rings. The fourth-order valence-electron chi connectivity index (χ4n) is 2.00. The summed E-state index contributed by atoms with van der Waals surface area (Å²) >= 11 is 0. The molecule has 88 valence electrons. The zero-order valence-corrected chi connectivity index (χ0v) is 10.1. The molecule has 0 aliphatic carbocycles. The molecule has 1 aliphatic heterocycles. The summed E-state index contributed by atoms with van der Waals surface area (Å²) in [5, 5.41) is 0. The number of Topliss-reactive ketones (excluding diaryl/α,β-unsaturated/α-hetero) is 1. The molecule has 0 bridgehead atoms. The molecule has 17 heavy (non-hydrogen) atoms. The number of ether oxygens (including phenoxy) is 1. The standard InChI is InChI=1S/C15H16O2/c1-4-11-8-12(10(2)3)9-14-15(11)13(16)6-5-7-17-14/h4,8-9H,1-2,5-7H2,3H3. The van der Waals surface area contributed by atoms with Gasteiger partial charge in [0.25, 0.3) is 0 Å². The van der Waals surface area contributed by atoms with E-state index in [2.05, 4.69) is 13.2 Å². The SMILES string of the molecule is C=Cc1cc(C(=C)C)cc2c1C(=O)CCCO2. The molecule has 0 aromatic heterocycles. The number of carbonyl (C=O) groups excluding carboxylic acids is 1. The number of hydrogen-bond acceptors (Lipinski definition) is 2. The normalized spacial score (nSPS) is 14.5. The highest BCUT2D eigenvalue weighted by Crippen LogP contribution is 2.31. The Balaban J connectivity index is 2.65. The summed E-state index contributed by atoms with van der Waals surface area (Å²) < 4.78 is 5.64. The lowest BCUT2D eigenvalue weighted by molar-refractivity contribution is 0.0983. The predicted molar refractivity (Wildman–Crippen MR) is 70.3 cm³/mol. The second-order valence-corrected chi connectivity index (χ2v) is 4.30. The second kappa shape index (κ2) is 4.58. The Morgan fingerprint density at radius 2 is 2.24 bits per heavy atom. The summed E-state index contributed by atoms with van der Waals surface area (Å²) in [7, 11) is 0. The van der Waals surface area contributed by atoms with Crippen LogP contribution >= 0.6 is 0 Å². The number of hydrogen-bond donors (Lipinski definition) is 0. The Morgan fingerprint density at radius 1 is 1.47 bits per heavy atom. The first kappa shape index (κ1) is 11.6. The van der Waals surface area contributed by atoms with Crippen LogP contribution in [0.15, 0.2) is 25.3 Å². The summed E-state index contributed by atoms with van der Waals surface area (Å²) in [6, 6.07) is 3.84. The molecular formula is C15H16O2. The number of rotatable bonds is 2. The van der Waals surface area contributed by atoms with Crippen LogP contribution in [0.2, 0.25) is 0 Å². The Morgan fingerprint density at radius 3 is 2.88 bits per heavy atom. The number of fused-ring (bicyclic) bond motifs is 1. The third kappa shape index (κ3) is 2.16. The van der Waals surface area contributed by atoms with Crippen LogP contribution in [0.5, 0.6) is 5.75 Å². The van der Waals surface area contributed by atoms with Crippen LogP contribution in [0.4, 0.5) is 0 Å². The van der Waals surface area contributed by atoms with Crippen molar-refractivity contribution in [2.75, 3.05) is 6.61 Å². The zero-order valence-electron chi connectivity index (χ0n) is 10.1. The van der Waals surface area contributed by atoms with Gasteiger partial charge in [0.15, 0.2) is 5.78 Å². The van der Waals surface area contributed by atoms with Gasteiger partial charge in [-0.3, -0.25) is 4.79 Å². The minimum absolute atomic E-state index is 0.140. The summed E-state index contributed by atoms with van der Waals surface area (Å²) in [4.78, 5) is 12.0. The monoisotopic (exact) mass is 228 g/mol. The summed E-state index contributed by atoms with van der Waals surface area (Å²) in [6.07, 6.45) is 3.02. The summed E-state index contributed by atoms with van der Waals surface area (Å²) in [5.41, 5.74) is 3.46. The first-order valence-corrected chi connectivity index (χ1v) is 5.76. The average molecular weight is 228 g/mol. The fourth-order valence-corrected chi connectivity index (χ4v) is 2.00. The molecule has 0 saturated carbocycles. The predicted octanol–water partition coefficient (Wildman–Crippen LogP) is 3.72. The number of carbonyl (C=O) groups is 1. The van der Waals surface area contributed by atoms with Crippen molar-refractivity contribution >= 4 is 17.4 Å². The maximum atomic E-state index is 12.0. The average Bonchev–Trinajstić information content (AvgIpc) is 2.50. The van der Waals surface area contributed by atoms with E-state index in [9.17, 15) is 4.79 Å². The number of allylic oxidation sites excluding steroid dienone is 1. The van der Waals surface area contributed by atoms with Gasteiger partial charge < -0.3 is 4.74 Å². The lowest BCUT2D eigenvalue weighted by Crippen LogP contribution is -2.02. The lowest BCUT2D eigenvalue weighted by Gasteiger charge is -2.12. The first-order valence-electron chi connectivity index (χ1n) is 5.76. The molecule has 2 nitrogen and oxygen atoms in total. The quantitative estimate of drug-likeness (QED) is 0.771. The van der Waals surface area contributed by atoms with Gasteiger partial charge in [-0.1, -0.05) is 24.8 Å². The van der Waals surface area contributed by atoms with Crippen LogP contribution in [-0.4, -0.2) is 12.4 Å². The van der Waals surface area contributed by atoms with Crippen molar-refractivity contribution in [3.63, 3.8) is 0 Å². The van der Waals surface area contributed by atoms with Gasteiger partial charge in [-0.25, -0.2) is 0 Å². The van der Waals surface area contributed by atoms with E-state index in [1.807, 2.05) is 19.1 Å². The van der Waals surface area contributed by atoms with Crippen LogP contribution in [0.3, 0.4) is 0 Å². The third-order valence-electron chi connectivity index (χ3n) is 2.93. The van der Waals surface area contributed by atoms with Crippen molar-refractivity contribution in [3.05, 3.63) is 42.0 Å². The number of benzene rings is 1. The van der Waals surface area contributed by atoms with Gasteiger partial charge in [-0.15, -0.1) is 0 Å². The van der Waals surface area contributed by atoms with Crippen molar-refractivity contribution in [1.82, 2.24) is 0 Å². The zero-order chi connectivity index (χ0) is 12.4. The highest BCUT2D eigenvalue weighted by Gasteiger charge is 2.20. The van der Waals surface area contributed by atoms with E-state index in [1.54, 1.807) is 6.08 Å². The molecule has 0 atom stereocenters. The van der Waals surface area contributed by atoms with Crippen molar-refractivity contribution in [3.8, 4) is 5.75 Å².